The highest BCUT2D eigenvalue weighted by molar-refractivity contribution is 6.31. The fourth-order valence-corrected chi connectivity index (χ4v) is 4.24. The number of ether oxygens (including phenoxy) is 1. The van der Waals surface area contributed by atoms with Crippen LogP contribution in [0.25, 0.3) is 11.3 Å². The Hall–Kier alpha value is -4.27. The number of hydrogen-bond donors (Lipinski definition) is 3. The molecule has 36 heavy (non-hydrogen) atoms. The van der Waals surface area contributed by atoms with Gasteiger partial charge in [0.2, 0.25) is 5.95 Å². The molecule has 8 nitrogen and oxygen atoms in total. The van der Waals surface area contributed by atoms with Crippen LogP contribution in [0.3, 0.4) is 0 Å². The van der Waals surface area contributed by atoms with Gasteiger partial charge in [0.1, 0.15) is 5.75 Å². The molecule has 0 amide bonds. The van der Waals surface area contributed by atoms with Gasteiger partial charge in [-0.3, -0.25) is 4.99 Å². The van der Waals surface area contributed by atoms with Gasteiger partial charge in [-0.15, -0.1) is 0 Å². The smallest absolute Gasteiger partial charge is 0.335 e. The van der Waals surface area contributed by atoms with Gasteiger partial charge in [0.25, 0.3) is 0 Å². The maximum absolute atomic E-state index is 11.1. The Bertz CT molecular complexity index is 1500. The minimum absolute atomic E-state index is 0.0959. The summed E-state index contributed by atoms with van der Waals surface area (Å²) < 4.78 is 5.61. The normalized spacial score (nSPS) is 12.1. The summed E-state index contributed by atoms with van der Waals surface area (Å²) in [6.07, 6.45) is 1.73. The molecule has 180 valence electrons. The molecule has 4 aromatic rings. The van der Waals surface area contributed by atoms with Crippen molar-refractivity contribution in [2.75, 3.05) is 12.4 Å². The van der Waals surface area contributed by atoms with Crippen molar-refractivity contribution in [2.45, 2.75) is 13.2 Å². The number of aliphatic hydroxyl groups is 1. The molecule has 1 aliphatic heterocycles. The van der Waals surface area contributed by atoms with E-state index in [9.17, 15) is 9.90 Å². The van der Waals surface area contributed by atoms with Gasteiger partial charge in [-0.25, -0.2) is 14.8 Å². The fourth-order valence-electron chi connectivity index (χ4n) is 4.07. The Labute approximate surface area is 211 Å². The van der Waals surface area contributed by atoms with Crippen molar-refractivity contribution in [1.82, 2.24) is 9.97 Å². The first-order valence-corrected chi connectivity index (χ1v) is 11.4. The van der Waals surface area contributed by atoms with Crippen LogP contribution in [-0.4, -0.2) is 39.0 Å². The summed E-state index contributed by atoms with van der Waals surface area (Å²) in [7, 11) is 1.58. The Morgan fingerprint density at radius 3 is 2.56 bits per heavy atom. The molecule has 3 aromatic carbocycles. The predicted molar refractivity (Wildman–Crippen MR) is 137 cm³/mol. The molecule has 5 rings (SSSR count). The molecule has 0 unspecified atom stereocenters. The number of carboxylic acids is 1. The lowest BCUT2D eigenvalue weighted by molar-refractivity contribution is 0.0697. The second kappa shape index (κ2) is 9.77. The van der Waals surface area contributed by atoms with Crippen LogP contribution < -0.4 is 10.1 Å². The number of nitrogens with one attached hydrogen (secondary N) is 1. The van der Waals surface area contributed by atoms with Crippen LogP contribution >= 0.6 is 11.6 Å². The molecule has 0 saturated heterocycles. The molecule has 0 fully saturated rings. The first kappa shape index (κ1) is 23.5. The highest BCUT2D eigenvalue weighted by Crippen LogP contribution is 2.35. The SMILES string of the molecule is COc1cc(CO)ccc1C1=NCc2cnc(Nc3ccc(C(=O)O)cc3)nc2-c2ccc(Cl)cc21. The monoisotopic (exact) mass is 500 g/mol. The average molecular weight is 501 g/mol. The van der Waals surface area contributed by atoms with Crippen molar-refractivity contribution in [2.24, 2.45) is 4.99 Å². The maximum atomic E-state index is 11.1. The van der Waals surface area contributed by atoms with E-state index in [-0.39, 0.29) is 12.2 Å². The molecule has 0 atom stereocenters. The number of methoxy groups -OCH3 is 1. The number of aliphatic imine (C=N–C) groups is 1. The van der Waals surface area contributed by atoms with E-state index >= 15 is 0 Å². The molecule has 9 heteroatoms. The summed E-state index contributed by atoms with van der Waals surface area (Å²) in [4.78, 5) is 25.2. The Morgan fingerprint density at radius 2 is 1.83 bits per heavy atom. The minimum atomic E-state index is -0.989. The van der Waals surface area contributed by atoms with E-state index in [1.165, 1.54) is 12.1 Å². The van der Waals surface area contributed by atoms with Crippen LogP contribution in [-0.2, 0) is 13.2 Å². The zero-order valence-electron chi connectivity index (χ0n) is 19.2. The fraction of sp³-hybridized carbons (Fsp3) is 0.111. The van der Waals surface area contributed by atoms with Crippen LogP contribution in [0.15, 0.2) is 71.9 Å². The van der Waals surface area contributed by atoms with E-state index in [2.05, 4.69) is 10.3 Å². The molecule has 1 aliphatic rings. The number of anilines is 2. The number of halogens is 1. The number of benzene rings is 3. The number of hydrogen-bond acceptors (Lipinski definition) is 7. The van der Waals surface area contributed by atoms with Crippen LogP contribution in [0.4, 0.5) is 11.6 Å². The van der Waals surface area contributed by atoms with Crippen LogP contribution in [0.2, 0.25) is 5.02 Å². The van der Waals surface area contributed by atoms with Crippen molar-refractivity contribution < 1.29 is 19.7 Å². The van der Waals surface area contributed by atoms with E-state index in [4.69, 9.17) is 31.4 Å². The largest absolute Gasteiger partial charge is 0.496 e. The van der Waals surface area contributed by atoms with Crippen molar-refractivity contribution in [1.29, 1.82) is 0 Å². The van der Waals surface area contributed by atoms with Crippen molar-refractivity contribution >= 4 is 34.9 Å². The molecule has 0 aliphatic carbocycles. The summed E-state index contributed by atoms with van der Waals surface area (Å²) in [5, 5.41) is 22.3. The topological polar surface area (TPSA) is 117 Å². The van der Waals surface area contributed by atoms with Crippen LogP contribution in [0, 0.1) is 0 Å². The summed E-state index contributed by atoms with van der Waals surface area (Å²) in [6, 6.07) is 17.4. The molecule has 0 spiro atoms. The number of carboxylic acid groups (broad SMARTS) is 1. The number of aromatic carboxylic acids is 1. The average Bonchev–Trinajstić information content (AvgIpc) is 3.05. The van der Waals surface area contributed by atoms with Crippen molar-refractivity contribution in [3.05, 3.63) is 99.7 Å². The van der Waals surface area contributed by atoms with Crippen LogP contribution in [0.1, 0.15) is 32.6 Å². The summed E-state index contributed by atoms with van der Waals surface area (Å²) >= 11 is 6.40. The number of carbonyl (C=O) groups is 1. The van der Waals surface area contributed by atoms with Gasteiger partial charge in [-0.2, -0.15) is 0 Å². The van der Waals surface area contributed by atoms with E-state index in [0.29, 0.717) is 40.4 Å². The van der Waals surface area contributed by atoms with E-state index < -0.39 is 5.97 Å². The van der Waals surface area contributed by atoms with Gasteiger partial charge < -0.3 is 20.3 Å². The molecule has 0 bridgehead atoms. The molecule has 0 saturated carbocycles. The quantitative estimate of drug-likeness (QED) is 0.337. The highest BCUT2D eigenvalue weighted by Gasteiger charge is 2.23. The summed E-state index contributed by atoms with van der Waals surface area (Å²) in [5.74, 6) is -0.0296. The number of aromatic nitrogens is 2. The lowest BCUT2D eigenvalue weighted by Gasteiger charge is -2.15. The molecule has 1 aromatic heterocycles. The minimum Gasteiger partial charge on any atom is -0.496 e. The second-order valence-electron chi connectivity index (χ2n) is 8.12. The third-order valence-electron chi connectivity index (χ3n) is 5.86. The third-order valence-corrected chi connectivity index (χ3v) is 6.09. The lowest BCUT2D eigenvalue weighted by atomic mass is 9.94. The standard InChI is InChI=1S/C27H21ClN4O4/c1-36-23-10-15(14-33)2-8-21(23)25-22-11-18(28)5-9-20(22)24-17(12-29-25)13-30-27(32-24)31-19-6-3-16(4-7-19)26(34)35/h2-11,13,33H,12,14H2,1H3,(H,34,35)(H,30,31,32). The van der Waals surface area contributed by atoms with E-state index in [1.54, 1.807) is 37.6 Å². The zero-order valence-corrected chi connectivity index (χ0v) is 20.0. The van der Waals surface area contributed by atoms with Crippen molar-refractivity contribution in [3.63, 3.8) is 0 Å². The predicted octanol–water partition coefficient (Wildman–Crippen LogP) is 5.09. The molecule has 0 radical (unpaired) electrons. The van der Waals surface area contributed by atoms with Gasteiger partial charge in [0.15, 0.2) is 0 Å². The van der Waals surface area contributed by atoms with Gasteiger partial charge in [0, 0.05) is 39.2 Å². The van der Waals surface area contributed by atoms with E-state index in [0.717, 1.165) is 27.8 Å². The maximum Gasteiger partial charge on any atom is 0.335 e. The first-order chi connectivity index (χ1) is 17.5. The highest BCUT2D eigenvalue weighted by atomic mass is 35.5. The first-order valence-electron chi connectivity index (χ1n) is 11.1. The van der Waals surface area contributed by atoms with E-state index in [1.807, 2.05) is 24.3 Å². The lowest BCUT2D eigenvalue weighted by Crippen LogP contribution is -2.08. The van der Waals surface area contributed by atoms with Crippen molar-refractivity contribution in [3.8, 4) is 17.0 Å². The number of aliphatic hydroxyl groups excluding tert-OH is 1. The summed E-state index contributed by atoms with van der Waals surface area (Å²) in [5.41, 5.74) is 6.26. The number of fused-ring (bicyclic) bond motifs is 3. The zero-order chi connectivity index (χ0) is 25.2. The third kappa shape index (κ3) is 4.51. The Morgan fingerprint density at radius 1 is 1.06 bits per heavy atom. The Kier molecular flexibility index (Phi) is 6.37. The summed E-state index contributed by atoms with van der Waals surface area (Å²) in [6.45, 7) is 0.247. The number of nitrogens with zero attached hydrogens (tertiary/aromatic N) is 3. The molecule has 2 heterocycles. The van der Waals surface area contributed by atoms with Crippen LogP contribution in [0.5, 0.6) is 5.75 Å². The Balaban J connectivity index is 1.57. The number of rotatable bonds is 6. The molecule has 3 N–H and O–H groups in total. The van der Waals surface area contributed by atoms with Gasteiger partial charge in [-0.05, 0) is 54.1 Å². The molecular formula is C27H21ClN4O4. The van der Waals surface area contributed by atoms with Gasteiger partial charge in [0.05, 0.1) is 37.2 Å². The van der Waals surface area contributed by atoms with Gasteiger partial charge >= 0.3 is 5.97 Å². The second-order valence-corrected chi connectivity index (χ2v) is 8.56. The van der Waals surface area contributed by atoms with Gasteiger partial charge in [-0.1, -0.05) is 23.7 Å². The molecular weight excluding hydrogens is 480 g/mol.